The van der Waals surface area contributed by atoms with E-state index in [1.165, 1.54) is 4.90 Å². The number of hydrogen-bond acceptors (Lipinski definition) is 5. The SMILES string of the molecule is CCOc1cccc(C(O)=C2C(=O)C(=O)N(CCN(C)C)C2c2ccc(Cl)cc2)c1. The second-order valence-corrected chi connectivity index (χ2v) is 7.74. The Labute approximate surface area is 181 Å². The molecule has 1 atom stereocenters. The maximum Gasteiger partial charge on any atom is 0.295 e. The summed E-state index contributed by atoms with van der Waals surface area (Å²) in [5, 5.41) is 11.6. The van der Waals surface area contributed by atoms with E-state index in [4.69, 9.17) is 16.3 Å². The summed E-state index contributed by atoms with van der Waals surface area (Å²) in [5.74, 6) is -0.971. The summed E-state index contributed by atoms with van der Waals surface area (Å²) in [6.45, 7) is 3.27. The first-order valence-electron chi connectivity index (χ1n) is 9.75. The van der Waals surface area contributed by atoms with E-state index in [-0.39, 0.29) is 11.3 Å². The van der Waals surface area contributed by atoms with Gasteiger partial charge in [-0.1, -0.05) is 35.9 Å². The molecule has 158 valence electrons. The molecule has 1 aliphatic heterocycles. The molecule has 0 aromatic heterocycles. The van der Waals surface area contributed by atoms with Crippen molar-refractivity contribution in [2.75, 3.05) is 33.8 Å². The molecule has 30 heavy (non-hydrogen) atoms. The number of carbonyl (C=O) groups is 2. The van der Waals surface area contributed by atoms with E-state index < -0.39 is 17.7 Å². The summed E-state index contributed by atoms with van der Waals surface area (Å²) in [5.41, 5.74) is 1.19. The van der Waals surface area contributed by atoms with Crippen LogP contribution in [0.2, 0.25) is 5.02 Å². The molecular formula is C23H25ClN2O4. The maximum absolute atomic E-state index is 13.0. The van der Waals surface area contributed by atoms with E-state index in [2.05, 4.69) is 0 Å². The van der Waals surface area contributed by atoms with Crippen LogP contribution in [-0.2, 0) is 9.59 Å². The fourth-order valence-electron chi connectivity index (χ4n) is 3.47. The minimum Gasteiger partial charge on any atom is -0.507 e. The normalized spacial score (nSPS) is 18.3. The van der Waals surface area contributed by atoms with Gasteiger partial charge in [0.2, 0.25) is 0 Å². The predicted molar refractivity (Wildman–Crippen MR) is 117 cm³/mol. The van der Waals surface area contributed by atoms with Crippen LogP contribution < -0.4 is 4.74 Å². The zero-order valence-corrected chi connectivity index (χ0v) is 18.0. The van der Waals surface area contributed by atoms with Gasteiger partial charge in [0.15, 0.2) is 0 Å². The minimum atomic E-state index is -0.701. The number of halogens is 1. The van der Waals surface area contributed by atoms with Crippen molar-refractivity contribution in [3.8, 4) is 5.75 Å². The molecule has 0 aliphatic carbocycles. The second-order valence-electron chi connectivity index (χ2n) is 7.31. The van der Waals surface area contributed by atoms with Crippen molar-refractivity contribution in [3.63, 3.8) is 0 Å². The lowest BCUT2D eigenvalue weighted by Gasteiger charge is -2.26. The summed E-state index contributed by atoms with van der Waals surface area (Å²) in [4.78, 5) is 29.2. The predicted octanol–water partition coefficient (Wildman–Crippen LogP) is 3.72. The van der Waals surface area contributed by atoms with Crippen molar-refractivity contribution >= 4 is 29.1 Å². The van der Waals surface area contributed by atoms with Gasteiger partial charge in [-0.15, -0.1) is 0 Å². The van der Waals surface area contributed by atoms with Gasteiger partial charge < -0.3 is 19.6 Å². The fourth-order valence-corrected chi connectivity index (χ4v) is 3.59. The Morgan fingerprint density at radius 3 is 2.50 bits per heavy atom. The average molecular weight is 429 g/mol. The molecule has 0 saturated carbocycles. The third-order valence-electron chi connectivity index (χ3n) is 4.93. The van der Waals surface area contributed by atoms with Crippen LogP contribution in [0.15, 0.2) is 54.1 Å². The molecule has 7 heteroatoms. The molecule has 0 spiro atoms. The van der Waals surface area contributed by atoms with Gasteiger partial charge in [0.05, 0.1) is 18.2 Å². The highest BCUT2D eigenvalue weighted by Gasteiger charge is 2.45. The number of aliphatic hydroxyl groups excluding tert-OH is 1. The van der Waals surface area contributed by atoms with E-state index >= 15 is 0 Å². The first-order chi connectivity index (χ1) is 14.3. The highest BCUT2D eigenvalue weighted by molar-refractivity contribution is 6.46. The van der Waals surface area contributed by atoms with Gasteiger partial charge in [-0.25, -0.2) is 0 Å². The van der Waals surface area contributed by atoms with Crippen LogP contribution in [0.1, 0.15) is 24.1 Å². The largest absolute Gasteiger partial charge is 0.507 e. The summed E-state index contributed by atoms with van der Waals surface area (Å²) < 4.78 is 5.50. The minimum absolute atomic E-state index is 0.0646. The number of ether oxygens (including phenoxy) is 1. The van der Waals surface area contributed by atoms with Gasteiger partial charge in [0.1, 0.15) is 11.5 Å². The number of likely N-dealkylation sites (tertiary alicyclic amines) is 1. The molecule has 2 aromatic carbocycles. The van der Waals surface area contributed by atoms with Gasteiger partial charge in [0.25, 0.3) is 11.7 Å². The van der Waals surface area contributed by atoms with Crippen LogP contribution >= 0.6 is 11.6 Å². The third kappa shape index (κ3) is 4.50. The molecule has 1 heterocycles. The van der Waals surface area contributed by atoms with Crippen LogP contribution in [0.5, 0.6) is 5.75 Å². The van der Waals surface area contributed by atoms with Crippen LogP contribution in [0.4, 0.5) is 0 Å². The highest BCUT2D eigenvalue weighted by atomic mass is 35.5. The zero-order valence-electron chi connectivity index (χ0n) is 17.3. The molecule has 1 amide bonds. The van der Waals surface area contributed by atoms with Gasteiger partial charge in [0, 0.05) is 23.7 Å². The number of carbonyl (C=O) groups excluding carboxylic acids is 2. The number of likely N-dealkylation sites (N-methyl/N-ethyl adjacent to an activating group) is 1. The summed E-state index contributed by atoms with van der Waals surface area (Å²) in [6, 6.07) is 13.1. The number of rotatable bonds is 7. The summed E-state index contributed by atoms with van der Waals surface area (Å²) >= 11 is 6.03. The molecule has 1 saturated heterocycles. The average Bonchev–Trinajstić information content (AvgIpc) is 2.97. The van der Waals surface area contributed by atoms with Gasteiger partial charge >= 0.3 is 0 Å². The van der Waals surface area contributed by atoms with Crippen molar-refractivity contribution in [2.45, 2.75) is 13.0 Å². The number of aliphatic hydroxyl groups is 1. The van der Waals surface area contributed by atoms with Gasteiger partial charge in [-0.05, 0) is 50.8 Å². The Hall–Kier alpha value is -2.83. The molecule has 6 nitrogen and oxygen atoms in total. The molecule has 1 aliphatic rings. The topological polar surface area (TPSA) is 70.1 Å². The van der Waals surface area contributed by atoms with E-state index in [0.29, 0.717) is 41.6 Å². The quantitative estimate of drug-likeness (QED) is 0.413. The number of amides is 1. The molecule has 1 unspecified atom stereocenters. The van der Waals surface area contributed by atoms with Gasteiger partial charge in [-0.3, -0.25) is 9.59 Å². The van der Waals surface area contributed by atoms with Crippen molar-refractivity contribution in [1.29, 1.82) is 0 Å². The number of hydrogen-bond donors (Lipinski definition) is 1. The Kier molecular flexibility index (Phi) is 6.80. The molecule has 0 radical (unpaired) electrons. The van der Waals surface area contributed by atoms with Crippen LogP contribution in [0, 0.1) is 0 Å². The number of Topliss-reactive ketones (excluding diaryl/α,β-unsaturated/α-hetero) is 1. The molecule has 1 N–H and O–H groups in total. The van der Waals surface area contributed by atoms with E-state index in [9.17, 15) is 14.7 Å². The third-order valence-corrected chi connectivity index (χ3v) is 5.18. The van der Waals surface area contributed by atoms with Crippen molar-refractivity contribution in [2.24, 2.45) is 0 Å². The zero-order chi connectivity index (χ0) is 21.8. The maximum atomic E-state index is 13.0. The van der Waals surface area contributed by atoms with E-state index in [1.807, 2.05) is 25.9 Å². The molecule has 0 bridgehead atoms. The Morgan fingerprint density at radius 2 is 1.87 bits per heavy atom. The monoisotopic (exact) mass is 428 g/mol. The van der Waals surface area contributed by atoms with Crippen molar-refractivity contribution in [1.82, 2.24) is 9.80 Å². The standard InChI is InChI=1S/C23H25ClN2O4/c1-4-30-18-7-5-6-16(14-18)21(27)19-20(15-8-10-17(24)11-9-15)26(13-12-25(2)3)23(29)22(19)28/h5-11,14,20,27H,4,12-13H2,1-3H3. The lowest BCUT2D eigenvalue weighted by atomic mass is 9.95. The smallest absolute Gasteiger partial charge is 0.295 e. The molecular weight excluding hydrogens is 404 g/mol. The Morgan fingerprint density at radius 1 is 1.17 bits per heavy atom. The van der Waals surface area contributed by atoms with Crippen molar-refractivity contribution in [3.05, 3.63) is 70.3 Å². The Bertz CT molecular complexity index is 969. The number of ketones is 1. The summed E-state index contributed by atoms with van der Waals surface area (Å²) in [6.07, 6.45) is 0. The van der Waals surface area contributed by atoms with E-state index in [1.54, 1.807) is 48.5 Å². The first kappa shape index (κ1) is 21.9. The Balaban J connectivity index is 2.12. The number of benzene rings is 2. The second kappa shape index (κ2) is 9.32. The highest BCUT2D eigenvalue weighted by Crippen LogP contribution is 2.39. The summed E-state index contributed by atoms with van der Waals surface area (Å²) in [7, 11) is 3.79. The first-order valence-corrected chi connectivity index (χ1v) is 10.1. The van der Waals surface area contributed by atoms with Gasteiger partial charge in [-0.2, -0.15) is 0 Å². The lowest BCUT2D eigenvalue weighted by Crippen LogP contribution is -2.35. The molecule has 3 rings (SSSR count). The van der Waals surface area contributed by atoms with Crippen LogP contribution in [0.3, 0.4) is 0 Å². The number of nitrogens with zero attached hydrogens (tertiary/aromatic N) is 2. The van der Waals surface area contributed by atoms with Crippen LogP contribution in [0.25, 0.3) is 5.76 Å². The lowest BCUT2D eigenvalue weighted by molar-refractivity contribution is -0.140. The fraction of sp³-hybridized carbons (Fsp3) is 0.304. The molecule has 1 fully saturated rings. The van der Waals surface area contributed by atoms with Crippen LogP contribution in [-0.4, -0.2) is 60.4 Å². The van der Waals surface area contributed by atoms with E-state index in [0.717, 1.165) is 0 Å². The molecule has 2 aromatic rings. The van der Waals surface area contributed by atoms with Crippen molar-refractivity contribution < 1.29 is 19.4 Å².